The Bertz CT molecular complexity index is 1430. The number of halogens is 1. The van der Waals surface area contributed by atoms with E-state index in [0.717, 1.165) is 14.9 Å². The maximum Gasteiger partial charge on any atom is 0.272 e. The number of benzene rings is 3. The van der Waals surface area contributed by atoms with E-state index in [4.69, 9.17) is 0 Å². The van der Waals surface area contributed by atoms with Gasteiger partial charge in [0.25, 0.3) is 11.8 Å². The molecule has 0 radical (unpaired) electrons. The number of amides is 2. The molecule has 5 nitrogen and oxygen atoms in total. The van der Waals surface area contributed by atoms with E-state index >= 15 is 0 Å². The number of ketones is 1. The normalized spacial score (nSPS) is 11.3. The summed E-state index contributed by atoms with van der Waals surface area (Å²) in [6, 6.07) is 26.6. The molecule has 0 spiro atoms. The van der Waals surface area contributed by atoms with Crippen molar-refractivity contribution in [3.05, 3.63) is 134 Å². The molecule has 0 bridgehead atoms. The van der Waals surface area contributed by atoms with Gasteiger partial charge >= 0.3 is 0 Å². The molecule has 0 aliphatic heterocycles. The van der Waals surface area contributed by atoms with E-state index in [9.17, 15) is 14.4 Å². The van der Waals surface area contributed by atoms with Gasteiger partial charge in [0.05, 0.1) is 0 Å². The van der Waals surface area contributed by atoms with Crippen LogP contribution in [-0.4, -0.2) is 17.6 Å². The zero-order valence-corrected chi connectivity index (χ0v) is 21.4. The highest BCUT2D eigenvalue weighted by molar-refractivity contribution is 9.10. The Morgan fingerprint density at radius 1 is 0.806 bits per heavy atom. The smallest absolute Gasteiger partial charge is 0.272 e. The fourth-order valence-electron chi connectivity index (χ4n) is 3.25. The second kappa shape index (κ2) is 12.1. The Hall–Kier alpha value is -4.07. The molecular formula is C29H21BrN2O3S. The number of hydrogen-bond donors (Lipinski definition) is 2. The third-order valence-corrected chi connectivity index (χ3v) is 6.37. The van der Waals surface area contributed by atoms with Gasteiger partial charge < -0.3 is 10.6 Å². The van der Waals surface area contributed by atoms with Crippen LogP contribution in [0, 0.1) is 0 Å². The Morgan fingerprint density at radius 2 is 1.58 bits per heavy atom. The van der Waals surface area contributed by atoms with Crippen LogP contribution in [0.3, 0.4) is 0 Å². The highest BCUT2D eigenvalue weighted by atomic mass is 79.9. The number of carbonyl (C=O) groups is 3. The fourth-order valence-corrected chi connectivity index (χ4v) is 4.33. The van der Waals surface area contributed by atoms with E-state index < -0.39 is 5.91 Å². The van der Waals surface area contributed by atoms with Crippen LogP contribution in [-0.2, 0) is 4.79 Å². The first-order valence-electron chi connectivity index (χ1n) is 11.0. The molecule has 7 heteroatoms. The van der Waals surface area contributed by atoms with Crippen LogP contribution in [0.4, 0.5) is 5.69 Å². The van der Waals surface area contributed by atoms with Gasteiger partial charge in [-0.2, -0.15) is 0 Å². The van der Waals surface area contributed by atoms with Crippen molar-refractivity contribution in [2.24, 2.45) is 0 Å². The molecule has 4 rings (SSSR count). The van der Waals surface area contributed by atoms with Crippen LogP contribution in [0.25, 0.3) is 12.2 Å². The number of rotatable bonds is 8. The first-order chi connectivity index (χ1) is 17.5. The average molecular weight is 557 g/mol. The lowest BCUT2D eigenvalue weighted by atomic mass is 10.1. The van der Waals surface area contributed by atoms with Crippen molar-refractivity contribution in [3.8, 4) is 0 Å². The molecule has 0 saturated heterocycles. The molecule has 0 aliphatic carbocycles. The number of thiophene rings is 1. The average Bonchev–Trinajstić information content (AvgIpc) is 3.41. The molecule has 3 aromatic carbocycles. The summed E-state index contributed by atoms with van der Waals surface area (Å²) < 4.78 is 0.935. The number of nitrogens with one attached hydrogen (secondary N) is 2. The van der Waals surface area contributed by atoms with Crippen LogP contribution >= 0.6 is 27.3 Å². The van der Waals surface area contributed by atoms with Gasteiger partial charge in [0, 0.05) is 26.2 Å². The summed E-state index contributed by atoms with van der Waals surface area (Å²) >= 11 is 4.87. The molecule has 4 aromatic rings. The van der Waals surface area contributed by atoms with E-state index in [1.54, 1.807) is 60.7 Å². The molecule has 2 amide bonds. The second-order valence-corrected chi connectivity index (χ2v) is 9.57. The SMILES string of the molecule is O=C(Nc1ccc(C(=O)/C=C/c2cccc(Br)c2)cc1)/C(=C/c1cccs1)NC(=O)c1ccccc1. The van der Waals surface area contributed by atoms with Gasteiger partial charge in [-0.05, 0) is 77.7 Å². The van der Waals surface area contributed by atoms with E-state index in [1.165, 1.54) is 17.4 Å². The third-order valence-electron chi connectivity index (χ3n) is 5.06. The number of anilines is 1. The lowest BCUT2D eigenvalue weighted by Gasteiger charge is -2.11. The van der Waals surface area contributed by atoms with Crippen LogP contribution in [0.5, 0.6) is 0 Å². The van der Waals surface area contributed by atoms with Gasteiger partial charge in [-0.1, -0.05) is 58.4 Å². The zero-order valence-electron chi connectivity index (χ0n) is 19.0. The summed E-state index contributed by atoms with van der Waals surface area (Å²) in [5.41, 5.74) is 2.46. The zero-order chi connectivity index (χ0) is 25.3. The molecule has 178 valence electrons. The van der Waals surface area contributed by atoms with Gasteiger partial charge in [0.1, 0.15) is 5.70 Å². The third kappa shape index (κ3) is 6.97. The van der Waals surface area contributed by atoms with Crippen molar-refractivity contribution < 1.29 is 14.4 Å². The second-order valence-electron chi connectivity index (χ2n) is 7.68. The Balaban J connectivity index is 1.45. The number of allylic oxidation sites excluding steroid dienone is 1. The van der Waals surface area contributed by atoms with Crippen molar-refractivity contribution in [2.45, 2.75) is 0 Å². The number of hydrogen-bond acceptors (Lipinski definition) is 4. The van der Waals surface area contributed by atoms with E-state index in [1.807, 2.05) is 47.8 Å². The number of carbonyl (C=O) groups excluding carboxylic acids is 3. The van der Waals surface area contributed by atoms with E-state index in [0.29, 0.717) is 16.8 Å². The Labute approximate surface area is 221 Å². The maximum atomic E-state index is 13.0. The molecule has 36 heavy (non-hydrogen) atoms. The van der Waals surface area contributed by atoms with Crippen LogP contribution in [0.2, 0.25) is 0 Å². The monoisotopic (exact) mass is 556 g/mol. The molecule has 0 fully saturated rings. The largest absolute Gasteiger partial charge is 0.321 e. The molecule has 0 unspecified atom stereocenters. The lowest BCUT2D eigenvalue weighted by molar-refractivity contribution is -0.113. The van der Waals surface area contributed by atoms with Gasteiger partial charge in [-0.25, -0.2) is 0 Å². The van der Waals surface area contributed by atoms with Crippen molar-refractivity contribution >= 4 is 62.7 Å². The Morgan fingerprint density at radius 3 is 2.28 bits per heavy atom. The van der Waals surface area contributed by atoms with Gasteiger partial charge in [0.2, 0.25) is 0 Å². The molecule has 2 N–H and O–H groups in total. The van der Waals surface area contributed by atoms with Crippen molar-refractivity contribution in [2.75, 3.05) is 5.32 Å². The van der Waals surface area contributed by atoms with Gasteiger partial charge in [-0.15, -0.1) is 11.3 Å². The summed E-state index contributed by atoms with van der Waals surface area (Å²) in [7, 11) is 0. The van der Waals surface area contributed by atoms with E-state index in [2.05, 4.69) is 26.6 Å². The molecule has 0 aliphatic rings. The maximum absolute atomic E-state index is 13.0. The van der Waals surface area contributed by atoms with Crippen molar-refractivity contribution in [1.82, 2.24) is 5.32 Å². The quantitative estimate of drug-likeness (QED) is 0.185. The molecular weight excluding hydrogens is 536 g/mol. The predicted molar refractivity (Wildman–Crippen MR) is 149 cm³/mol. The minimum Gasteiger partial charge on any atom is -0.321 e. The topological polar surface area (TPSA) is 75.3 Å². The minimum atomic E-state index is -0.471. The van der Waals surface area contributed by atoms with Crippen LogP contribution in [0.1, 0.15) is 31.2 Å². The first-order valence-corrected chi connectivity index (χ1v) is 12.7. The summed E-state index contributed by atoms with van der Waals surface area (Å²) in [5.74, 6) is -1.01. The predicted octanol–water partition coefficient (Wildman–Crippen LogP) is 6.82. The van der Waals surface area contributed by atoms with E-state index in [-0.39, 0.29) is 17.4 Å². The van der Waals surface area contributed by atoms with Crippen LogP contribution in [0.15, 0.2) is 113 Å². The van der Waals surface area contributed by atoms with Crippen molar-refractivity contribution in [1.29, 1.82) is 0 Å². The van der Waals surface area contributed by atoms with Gasteiger partial charge in [-0.3, -0.25) is 14.4 Å². The molecule has 1 aromatic heterocycles. The highest BCUT2D eigenvalue weighted by Crippen LogP contribution is 2.17. The highest BCUT2D eigenvalue weighted by Gasteiger charge is 2.15. The summed E-state index contributed by atoms with van der Waals surface area (Å²) in [4.78, 5) is 39.1. The van der Waals surface area contributed by atoms with Crippen molar-refractivity contribution in [3.63, 3.8) is 0 Å². The summed E-state index contributed by atoms with van der Waals surface area (Å²) in [6.45, 7) is 0. The molecule has 0 saturated carbocycles. The molecule has 1 heterocycles. The first kappa shape index (κ1) is 25.0. The van der Waals surface area contributed by atoms with Crippen LogP contribution < -0.4 is 10.6 Å². The molecule has 0 atom stereocenters. The lowest BCUT2D eigenvalue weighted by Crippen LogP contribution is -2.30. The standard InChI is InChI=1S/C29H21BrN2O3S/c30-23-9-4-6-20(18-23)11-16-27(33)21-12-14-24(15-13-21)31-29(35)26(19-25-10-5-17-36-25)32-28(34)22-7-2-1-3-8-22/h1-19H,(H,31,35)(H,32,34)/b16-11+,26-19-. The Kier molecular flexibility index (Phi) is 8.39. The fraction of sp³-hybridized carbons (Fsp3) is 0. The van der Waals surface area contributed by atoms with Gasteiger partial charge in [0.15, 0.2) is 5.78 Å². The minimum absolute atomic E-state index is 0.114. The summed E-state index contributed by atoms with van der Waals surface area (Å²) in [6.07, 6.45) is 4.89. The summed E-state index contributed by atoms with van der Waals surface area (Å²) in [5, 5.41) is 7.39.